The van der Waals surface area contributed by atoms with E-state index in [0.717, 1.165) is 23.8 Å². The van der Waals surface area contributed by atoms with E-state index < -0.39 is 0 Å². The van der Waals surface area contributed by atoms with Gasteiger partial charge in [-0.25, -0.2) is 0 Å². The SMILES string of the molecule is CNC(=O)c1ccc(CN(C)C(=S)NCC[NH+](C)C)cc1. The summed E-state index contributed by atoms with van der Waals surface area (Å²) in [6.07, 6.45) is 0. The van der Waals surface area contributed by atoms with E-state index in [2.05, 4.69) is 24.7 Å². The maximum absolute atomic E-state index is 11.5. The van der Waals surface area contributed by atoms with Crippen molar-refractivity contribution in [1.29, 1.82) is 0 Å². The highest BCUT2D eigenvalue weighted by atomic mass is 32.1. The lowest BCUT2D eigenvalue weighted by molar-refractivity contribution is -0.856. The second-order valence-corrected chi connectivity index (χ2v) is 5.71. The molecule has 0 aliphatic carbocycles. The predicted molar refractivity (Wildman–Crippen MR) is 89.6 cm³/mol. The van der Waals surface area contributed by atoms with Gasteiger partial charge >= 0.3 is 0 Å². The van der Waals surface area contributed by atoms with Crippen LogP contribution < -0.4 is 15.5 Å². The van der Waals surface area contributed by atoms with Crippen LogP contribution in [0.15, 0.2) is 24.3 Å². The predicted octanol–water partition coefficient (Wildman–Crippen LogP) is -0.503. The zero-order valence-corrected chi connectivity index (χ0v) is 14.0. The van der Waals surface area contributed by atoms with E-state index in [0.29, 0.717) is 12.1 Å². The molecule has 3 N–H and O–H groups in total. The molecule has 1 amide bonds. The van der Waals surface area contributed by atoms with Gasteiger partial charge in [-0.1, -0.05) is 12.1 Å². The fraction of sp³-hybridized carbons (Fsp3) is 0.467. The molecule has 0 saturated heterocycles. The minimum Gasteiger partial charge on any atom is -0.357 e. The van der Waals surface area contributed by atoms with Crippen LogP contribution in [0.2, 0.25) is 0 Å². The van der Waals surface area contributed by atoms with Gasteiger partial charge in [0, 0.05) is 26.2 Å². The van der Waals surface area contributed by atoms with Crippen LogP contribution in [0.1, 0.15) is 15.9 Å². The summed E-state index contributed by atoms with van der Waals surface area (Å²) in [5.41, 5.74) is 1.78. The number of nitrogens with zero attached hydrogens (tertiary/aromatic N) is 1. The number of rotatable bonds is 6. The van der Waals surface area contributed by atoms with Crippen molar-refractivity contribution in [2.75, 3.05) is 41.3 Å². The van der Waals surface area contributed by atoms with Gasteiger partial charge in [0.2, 0.25) is 0 Å². The van der Waals surface area contributed by atoms with E-state index in [1.165, 1.54) is 4.90 Å². The van der Waals surface area contributed by atoms with E-state index in [-0.39, 0.29) is 5.91 Å². The Morgan fingerprint density at radius 1 is 1.29 bits per heavy atom. The second kappa shape index (κ2) is 8.59. The maximum Gasteiger partial charge on any atom is 0.251 e. The molecule has 21 heavy (non-hydrogen) atoms. The van der Waals surface area contributed by atoms with Gasteiger partial charge in [0.05, 0.1) is 27.2 Å². The minimum atomic E-state index is -0.0710. The van der Waals surface area contributed by atoms with Crippen LogP contribution in [-0.2, 0) is 6.54 Å². The number of amides is 1. The molecule has 0 fully saturated rings. The van der Waals surface area contributed by atoms with E-state index in [1.807, 2.05) is 36.2 Å². The number of quaternary nitrogens is 1. The number of hydrogen-bond acceptors (Lipinski definition) is 2. The van der Waals surface area contributed by atoms with Crippen LogP contribution in [-0.4, -0.2) is 57.2 Å². The molecule has 0 radical (unpaired) electrons. The first kappa shape index (κ1) is 17.4. The Labute approximate surface area is 132 Å². The molecule has 1 aromatic rings. The molecule has 5 nitrogen and oxygen atoms in total. The molecular weight excluding hydrogens is 284 g/mol. The molecule has 0 aromatic heterocycles. The largest absolute Gasteiger partial charge is 0.357 e. The van der Waals surface area contributed by atoms with Crippen LogP contribution in [0.25, 0.3) is 0 Å². The molecule has 6 heteroatoms. The van der Waals surface area contributed by atoms with E-state index in [9.17, 15) is 4.79 Å². The average molecular weight is 309 g/mol. The van der Waals surface area contributed by atoms with Gasteiger partial charge in [-0.3, -0.25) is 4.79 Å². The smallest absolute Gasteiger partial charge is 0.251 e. The third kappa shape index (κ3) is 6.10. The van der Waals surface area contributed by atoms with Crippen molar-refractivity contribution in [2.45, 2.75) is 6.54 Å². The topological polar surface area (TPSA) is 48.8 Å². The Morgan fingerprint density at radius 3 is 2.43 bits per heavy atom. The number of carbonyl (C=O) groups is 1. The van der Waals surface area contributed by atoms with Gasteiger partial charge in [-0.2, -0.15) is 0 Å². The summed E-state index contributed by atoms with van der Waals surface area (Å²) in [6, 6.07) is 7.56. The average Bonchev–Trinajstić information content (AvgIpc) is 2.46. The van der Waals surface area contributed by atoms with Crippen molar-refractivity contribution >= 4 is 23.2 Å². The molecule has 1 aromatic carbocycles. The zero-order chi connectivity index (χ0) is 15.8. The minimum absolute atomic E-state index is 0.0710. The van der Waals surface area contributed by atoms with E-state index in [1.54, 1.807) is 7.05 Å². The molecule has 0 unspecified atom stereocenters. The maximum atomic E-state index is 11.5. The van der Waals surface area contributed by atoms with Gasteiger partial charge < -0.3 is 20.4 Å². The molecule has 0 heterocycles. The fourth-order valence-corrected chi connectivity index (χ4v) is 1.97. The highest BCUT2D eigenvalue weighted by molar-refractivity contribution is 7.80. The van der Waals surface area contributed by atoms with Crippen molar-refractivity contribution in [2.24, 2.45) is 0 Å². The molecule has 0 saturated carbocycles. The third-order valence-electron chi connectivity index (χ3n) is 3.11. The highest BCUT2D eigenvalue weighted by Gasteiger charge is 2.07. The lowest BCUT2D eigenvalue weighted by Crippen LogP contribution is -3.06. The van der Waals surface area contributed by atoms with E-state index in [4.69, 9.17) is 12.2 Å². The Kier molecular flexibility index (Phi) is 7.11. The Hall–Kier alpha value is -1.66. The molecule has 0 aliphatic heterocycles. The van der Waals surface area contributed by atoms with Gasteiger partial charge in [0.15, 0.2) is 5.11 Å². The Balaban J connectivity index is 2.48. The normalized spacial score (nSPS) is 10.3. The molecule has 0 bridgehead atoms. The number of hydrogen-bond donors (Lipinski definition) is 3. The quantitative estimate of drug-likeness (QED) is 0.620. The first-order valence-corrected chi connectivity index (χ1v) is 7.44. The lowest BCUT2D eigenvalue weighted by atomic mass is 10.1. The molecule has 1 rings (SSSR count). The van der Waals surface area contributed by atoms with Crippen LogP contribution >= 0.6 is 12.2 Å². The summed E-state index contributed by atoms with van der Waals surface area (Å²) < 4.78 is 0. The van der Waals surface area contributed by atoms with Gasteiger partial charge in [-0.05, 0) is 29.9 Å². The lowest BCUT2D eigenvalue weighted by Gasteiger charge is -2.21. The Morgan fingerprint density at radius 2 is 1.90 bits per heavy atom. The first-order valence-electron chi connectivity index (χ1n) is 7.03. The highest BCUT2D eigenvalue weighted by Crippen LogP contribution is 2.07. The van der Waals surface area contributed by atoms with Crippen LogP contribution in [0, 0.1) is 0 Å². The monoisotopic (exact) mass is 309 g/mol. The summed E-state index contributed by atoms with van der Waals surface area (Å²) in [5, 5.41) is 6.60. The van der Waals surface area contributed by atoms with Crippen molar-refractivity contribution < 1.29 is 9.69 Å². The number of likely N-dealkylation sites (N-methyl/N-ethyl adjacent to an activating group) is 1. The number of thiocarbonyl (C=S) groups is 1. The first-order chi connectivity index (χ1) is 9.93. The summed E-state index contributed by atoms with van der Waals surface area (Å²) in [4.78, 5) is 14.9. The molecule has 0 spiro atoms. The van der Waals surface area contributed by atoms with E-state index >= 15 is 0 Å². The van der Waals surface area contributed by atoms with Gasteiger partial charge in [0.25, 0.3) is 5.91 Å². The summed E-state index contributed by atoms with van der Waals surface area (Å²) in [6.45, 7) is 2.60. The molecular formula is C15H25N4OS+. The number of nitrogens with one attached hydrogen (secondary N) is 3. The zero-order valence-electron chi connectivity index (χ0n) is 13.2. The summed E-state index contributed by atoms with van der Waals surface area (Å²) in [7, 11) is 7.82. The fourth-order valence-electron chi connectivity index (χ4n) is 1.81. The van der Waals surface area contributed by atoms with Crippen molar-refractivity contribution in [1.82, 2.24) is 15.5 Å². The van der Waals surface area contributed by atoms with Crippen molar-refractivity contribution in [3.63, 3.8) is 0 Å². The molecule has 0 atom stereocenters. The molecule has 0 aliphatic rings. The van der Waals surface area contributed by atoms with Crippen LogP contribution in [0.3, 0.4) is 0 Å². The van der Waals surface area contributed by atoms with Crippen LogP contribution in [0.4, 0.5) is 0 Å². The third-order valence-corrected chi connectivity index (χ3v) is 3.57. The number of carbonyl (C=O) groups excluding carboxylic acids is 1. The Bertz CT molecular complexity index is 473. The van der Waals surface area contributed by atoms with Gasteiger partial charge in [0.1, 0.15) is 0 Å². The van der Waals surface area contributed by atoms with Crippen molar-refractivity contribution in [3.05, 3.63) is 35.4 Å². The summed E-state index contributed by atoms with van der Waals surface area (Å²) >= 11 is 5.36. The van der Waals surface area contributed by atoms with Crippen LogP contribution in [0.5, 0.6) is 0 Å². The second-order valence-electron chi connectivity index (χ2n) is 5.32. The number of benzene rings is 1. The van der Waals surface area contributed by atoms with Gasteiger partial charge in [-0.15, -0.1) is 0 Å². The summed E-state index contributed by atoms with van der Waals surface area (Å²) in [5.74, 6) is -0.0710. The van der Waals surface area contributed by atoms with Crippen molar-refractivity contribution in [3.8, 4) is 0 Å². The molecule has 116 valence electrons. The standard InChI is InChI=1S/C15H24N4OS/c1-16-14(20)13-7-5-12(6-8-13)11-19(4)15(21)17-9-10-18(2)3/h5-8H,9-11H2,1-4H3,(H,16,20)(H,17,21)/p+1.